The Morgan fingerprint density at radius 1 is 1.19 bits per heavy atom. The van der Waals surface area contributed by atoms with Crippen LogP contribution < -0.4 is 4.72 Å². The molecule has 1 unspecified atom stereocenters. The SMILES string of the molecule is O=S(=O)(NCC1(O)CCc2ccccc21)c1ccccn1. The highest BCUT2D eigenvalue weighted by Gasteiger charge is 2.37. The van der Waals surface area contributed by atoms with Crippen LogP contribution in [0.25, 0.3) is 0 Å². The maximum Gasteiger partial charge on any atom is 0.258 e. The van der Waals surface area contributed by atoms with Crippen molar-refractivity contribution < 1.29 is 13.5 Å². The smallest absolute Gasteiger partial charge is 0.258 e. The lowest BCUT2D eigenvalue weighted by molar-refractivity contribution is 0.0442. The third-order valence-electron chi connectivity index (χ3n) is 3.79. The largest absolute Gasteiger partial charge is 0.384 e. The van der Waals surface area contributed by atoms with Gasteiger partial charge in [-0.3, -0.25) is 0 Å². The van der Waals surface area contributed by atoms with Gasteiger partial charge in [-0.05, 0) is 36.1 Å². The highest BCUT2D eigenvalue weighted by atomic mass is 32.2. The first-order chi connectivity index (χ1) is 10.0. The Kier molecular flexibility index (Phi) is 3.52. The number of nitrogens with zero attached hydrogens (tertiary/aromatic N) is 1. The number of benzene rings is 1. The lowest BCUT2D eigenvalue weighted by Crippen LogP contribution is -2.39. The molecule has 0 saturated heterocycles. The number of hydrogen-bond acceptors (Lipinski definition) is 4. The second-order valence-electron chi connectivity index (χ2n) is 5.18. The van der Waals surface area contributed by atoms with Crippen molar-refractivity contribution in [3.63, 3.8) is 0 Å². The molecule has 1 atom stereocenters. The first kappa shape index (κ1) is 14.2. The van der Waals surface area contributed by atoms with E-state index in [2.05, 4.69) is 9.71 Å². The Morgan fingerprint density at radius 3 is 2.71 bits per heavy atom. The van der Waals surface area contributed by atoms with E-state index in [9.17, 15) is 13.5 Å². The summed E-state index contributed by atoms with van der Waals surface area (Å²) in [6.07, 6.45) is 2.68. The standard InChI is InChI=1S/C15H16N2O3S/c18-15(9-8-12-5-1-2-6-13(12)15)11-17-21(19,20)14-7-3-4-10-16-14/h1-7,10,17-18H,8-9,11H2. The molecule has 5 nitrogen and oxygen atoms in total. The molecule has 1 aliphatic rings. The molecule has 0 aliphatic heterocycles. The fraction of sp³-hybridized carbons (Fsp3) is 0.267. The fourth-order valence-electron chi connectivity index (χ4n) is 2.65. The molecule has 1 aromatic heterocycles. The Hall–Kier alpha value is -1.76. The zero-order valence-electron chi connectivity index (χ0n) is 11.4. The van der Waals surface area contributed by atoms with Gasteiger partial charge in [-0.1, -0.05) is 30.3 Å². The summed E-state index contributed by atoms with van der Waals surface area (Å²) >= 11 is 0. The third kappa shape index (κ3) is 2.70. The zero-order chi connectivity index (χ0) is 14.9. The van der Waals surface area contributed by atoms with Crippen molar-refractivity contribution in [1.82, 2.24) is 9.71 Å². The highest BCUT2D eigenvalue weighted by Crippen LogP contribution is 2.36. The molecule has 1 heterocycles. The van der Waals surface area contributed by atoms with Crippen molar-refractivity contribution >= 4 is 10.0 Å². The van der Waals surface area contributed by atoms with Crippen LogP contribution in [0.2, 0.25) is 0 Å². The van der Waals surface area contributed by atoms with E-state index >= 15 is 0 Å². The number of fused-ring (bicyclic) bond motifs is 1. The van der Waals surface area contributed by atoms with Gasteiger partial charge < -0.3 is 5.11 Å². The Balaban J connectivity index is 1.80. The Bertz CT molecular complexity index is 747. The van der Waals surface area contributed by atoms with Gasteiger partial charge in [0.2, 0.25) is 0 Å². The number of hydrogen-bond donors (Lipinski definition) is 2. The van der Waals surface area contributed by atoms with Crippen LogP contribution in [0.4, 0.5) is 0 Å². The second-order valence-corrected chi connectivity index (χ2v) is 6.90. The minimum absolute atomic E-state index is 0.0418. The second kappa shape index (κ2) is 5.22. The van der Waals surface area contributed by atoms with Gasteiger partial charge in [-0.15, -0.1) is 0 Å². The van der Waals surface area contributed by atoms with E-state index in [1.807, 2.05) is 24.3 Å². The fourth-order valence-corrected chi connectivity index (χ4v) is 3.68. The number of aryl methyl sites for hydroxylation is 1. The number of nitrogens with one attached hydrogen (secondary N) is 1. The molecular weight excluding hydrogens is 288 g/mol. The predicted molar refractivity (Wildman–Crippen MR) is 78.1 cm³/mol. The first-order valence-corrected chi connectivity index (χ1v) is 8.21. The number of rotatable bonds is 4. The molecule has 0 spiro atoms. The summed E-state index contributed by atoms with van der Waals surface area (Å²) in [6, 6.07) is 12.3. The summed E-state index contributed by atoms with van der Waals surface area (Å²) in [7, 11) is -3.71. The maximum atomic E-state index is 12.2. The summed E-state index contributed by atoms with van der Waals surface area (Å²) < 4.78 is 26.8. The van der Waals surface area contributed by atoms with Gasteiger partial charge >= 0.3 is 0 Å². The van der Waals surface area contributed by atoms with E-state index in [0.29, 0.717) is 6.42 Å². The minimum Gasteiger partial charge on any atom is -0.384 e. The molecule has 21 heavy (non-hydrogen) atoms. The molecule has 2 N–H and O–H groups in total. The number of sulfonamides is 1. The average molecular weight is 304 g/mol. The van der Waals surface area contributed by atoms with Gasteiger partial charge in [0.05, 0.1) is 0 Å². The normalized spacial score (nSPS) is 21.2. The van der Waals surface area contributed by atoms with Gasteiger partial charge in [-0.25, -0.2) is 18.1 Å². The summed E-state index contributed by atoms with van der Waals surface area (Å²) in [6.45, 7) is -0.0527. The first-order valence-electron chi connectivity index (χ1n) is 6.73. The summed E-state index contributed by atoms with van der Waals surface area (Å²) in [5, 5.41) is 10.7. The van der Waals surface area contributed by atoms with Gasteiger partial charge in [0.15, 0.2) is 5.03 Å². The van der Waals surface area contributed by atoms with E-state index in [1.54, 1.807) is 12.1 Å². The average Bonchev–Trinajstić information content (AvgIpc) is 2.85. The number of pyridine rings is 1. The van der Waals surface area contributed by atoms with E-state index < -0.39 is 15.6 Å². The monoisotopic (exact) mass is 304 g/mol. The highest BCUT2D eigenvalue weighted by molar-refractivity contribution is 7.89. The van der Waals surface area contributed by atoms with E-state index in [1.165, 1.54) is 12.3 Å². The van der Waals surface area contributed by atoms with Crippen LogP contribution in [0.1, 0.15) is 17.5 Å². The van der Waals surface area contributed by atoms with E-state index in [0.717, 1.165) is 17.5 Å². The predicted octanol–water partition coefficient (Wildman–Crippen LogP) is 1.19. The quantitative estimate of drug-likeness (QED) is 0.889. The van der Waals surface area contributed by atoms with Gasteiger partial charge in [-0.2, -0.15) is 0 Å². The number of aliphatic hydroxyl groups is 1. The molecule has 0 fully saturated rings. The molecule has 0 bridgehead atoms. The Labute approximate surface area is 123 Å². The topological polar surface area (TPSA) is 79.3 Å². The van der Waals surface area contributed by atoms with Crippen LogP contribution in [-0.4, -0.2) is 25.1 Å². The molecule has 0 radical (unpaired) electrons. The molecule has 1 aromatic carbocycles. The number of aromatic nitrogens is 1. The molecule has 0 saturated carbocycles. The molecule has 0 amide bonds. The van der Waals surface area contributed by atoms with Crippen molar-refractivity contribution in [2.45, 2.75) is 23.5 Å². The molecule has 6 heteroatoms. The molecule has 2 aromatic rings. The van der Waals surface area contributed by atoms with Crippen LogP contribution in [-0.2, 0) is 22.0 Å². The van der Waals surface area contributed by atoms with Crippen LogP contribution in [0.15, 0.2) is 53.7 Å². The van der Waals surface area contributed by atoms with E-state index in [4.69, 9.17) is 0 Å². The van der Waals surface area contributed by atoms with E-state index in [-0.39, 0.29) is 11.6 Å². The molecule has 110 valence electrons. The molecular formula is C15H16N2O3S. The van der Waals surface area contributed by atoms with Crippen molar-refractivity contribution in [3.8, 4) is 0 Å². The lowest BCUT2D eigenvalue weighted by atomic mass is 9.96. The van der Waals surface area contributed by atoms with Crippen molar-refractivity contribution in [3.05, 3.63) is 59.8 Å². The van der Waals surface area contributed by atoms with Gasteiger partial charge in [0.25, 0.3) is 10.0 Å². The van der Waals surface area contributed by atoms with Crippen LogP contribution >= 0.6 is 0 Å². The van der Waals surface area contributed by atoms with Crippen LogP contribution in [0.5, 0.6) is 0 Å². The van der Waals surface area contributed by atoms with Crippen molar-refractivity contribution in [1.29, 1.82) is 0 Å². The van der Waals surface area contributed by atoms with Crippen LogP contribution in [0.3, 0.4) is 0 Å². The molecule has 1 aliphatic carbocycles. The summed E-state index contributed by atoms with van der Waals surface area (Å²) in [5.41, 5.74) is 0.712. The van der Waals surface area contributed by atoms with Gasteiger partial charge in [0.1, 0.15) is 5.60 Å². The lowest BCUT2D eigenvalue weighted by Gasteiger charge is -2.24. The third-order valence-corrected chi connectivity index (χ3v) is 5.11. The minimum atomic E-state index is -3.71. The Morgan fingerprint density at radius 2 is 1.95 bits per heavy atom. The van der Waals surface area contributed by atoms with Gasteiger partial charge in [0, 0.05) is 12.7 Å². The van der Waals surface area contributed by atoms with Crippen molar-refractivity contribution in [2.75, 3.05) is 6.54 Å². The maximum absolute atomic E-state index is 12.2. The summed E-state index contributed by atoms with van der Waals surface area (Å²) in [5.74, 6) is 0. The van der Waals surface area contributed by atoms with Crippen LogP contribution in [0, 0.1) is 0 Å². The molecule has 3 rings (SSSR count). The zero-order valence-corrected chi connectivity index (χ0v) is 12.2. The summed E-state index contributed by atoms with van der Waals surface area (Å²) in [4.78, 5) is 3.83. The van der Waals surface area contributed by atoms with Crippen molar-refractivity contribution in [2.24, 2.45) is 0 Å².